The molecule has 0 aliphatic rings. The summed E-state index contributed by atoms with van der Waals surface area (Å²) in [6.45, 7) is 4.34. The van der Waals surface area contributed by atoms with E-state index in [1.807, 2.05) is 20.9 Å². The summed E-state index contributed by atoms with van der Waals surface area (Å²) in [4.78, 5) is 10.6. The first kappa shape index (κ1) is 14.3. The lowest BCUT2D eigenvalue weighted by Gasteiger charge is -2.08. The van der Waals surface area contributed by atoms with Gasteiger partial charge in [0.05, 0.1) is 10.6 Å². The van der Waals surface area contributed by atoms with Gasteiger partial charge in [0, 0.05) is 35.9 Å². The number of halogens is 1. The Bertz CT molecular complexity index is 667. The third-order valence-electron chi connectivity index (χ3n) is 3.27. The molecule has 0 aliphatic heterocycles. The summed E-state index contributed by atoms with van der Waals surface area (Å²) in [5.74, 6) is 0. The van der Waals surface area contributed by atoms with Gasteiger partial charge in [0.1, 0.15) is 5.69 Å². The van der Waals surface area contributed by atoms with Crippen molar-refractivity contribution in [3.05, 3.63) is 50.3 Å². The van der Waals surface area contributed by atoms with Crippen molar-refractivity contribution in [2.45, 2.75) is 20.4 Å². The van der Waals surface area contributed by atoms with Gasteiger partial charge >= 0.3 is 0 Å². The summed E-state index contributed by atoms with van der Waals surface area (Å²) in [6.07, 6.45) is 0. The van der Waals surface area contributed by atoms with Crippen LogP contribution >= 0.6 is 11.6 Å². The van der Waals surface area contributed by atoms with E-state index in [0.29, 0.717) is 17.3 Å². The van der Waals surface area contributed by atoms with Crippen molar-refractivity contribution < 1.29 is 4.92 Å². The van der Waals surface area contributed by atoms with E-state index in [2.05, 4.69) is 10.4 Å². The van der Waals surface area contributed by atoms with E-state index in [4.69, 9.17) is 11.6 Å². The van der Waals surface area contributed by atoms with Gasteiger partial charge in [0.2, 0.25) is 0 Å². The number of nitrogens with zero attached hydrogens (tertiary/aromatic N) is 3. The van der Waals surface area contributed by atoms with Gasteiger partial charge in [-0.2, -0.15) is 5.10 Å². The number of benzene rings is 1. The largest absolute Gasteiger partial charge is 0.375 e. The maximum atomic E-state index is 11.0. The van der Waals surface area contributed by atoms with Gasteiger partial charge in [-0.1, -0.05) is 11.6 Å². The highest BCUT2D eigenvalue weighted by atomic mass is 35.5. The SMILES string of the molecule is Cc1nn(C)c(C)c1CNc1cc(Cl)ccc1[N+](=O)[O-]. The van der Waals surface area contributed by atoms with Gasteiger partial charge in [-0.3, -0.25) is 14.8 Å². The number of anilines is 1. The standard InChI is InChI=1S/C13H15ClN4O2/c1-8-11(9(2)17(3)16-8)7-15-12-6-10(14)4-5-13(12)18(19)20/h4-6,15H,7H2,1-3H3. The molecular weight excluding hydrogens is 280 g/mol. The molecule has 0 radical (unpaired) electrons. The zero-order chi connectivity index (χ0) is 14.9. The van der Waals surface area contributed by atoms with Crippen LogP contribution < -0.4 is 5.32 Å². The van der Waals surface area contributed by atoms with E-state index in [9.17, 15) is 10.1 Å². The van der Waals surface area contributed by atoms with Crippen molar-refractivity contribution in [1.82, 2.24) is 9.78 Å². The predicted octanol–water partition coefficient (Wildman–Crippen LogP) is 3.21. The molecule has 0 unspecified atom stereocenters. The summed E-state index contributed by atoms with van der Waals surface area (Å²) < 4.78 is 1.79. The van der Waals surface area contributed by atoms with Crippen LogP contribution in [0.5, 0.6) is 0 Å². The molecule has 0 fully saturated rings. The fourth-order valence-corrected chi connectivity index (χ4v) is 2.24. The number of nitro groups is 1. The molecule has 106 valence electrons. The second-order valence-corrected chi connectivity index (χ2v) is 4.98. The normalized spacial score (nSPS) is 10.6. The molecule has 1 heterocycles. The molecule has 0 amide bonds. The highest BCUT2D eigenvalue weighted by Gasteiger charge is 2.15. The highest BCUT2D eigenvalue weighted by Crippen LogP contribution is 2.28. The lowest BCUT2D eigenvalue weighted by atomic mass is 10.2. The molecule has 0 aliphatic carbocycles. The van der Waals surface area contributed by atoms with Gasteiger partial charge in [-0.25, -0.2) is 0 Å². The van der Waals surface area contributed by atoms with Crippen molar-refractivity contribution in [2.75, 3.05) is 5.32 Å². The Morgan fingerprint density at radius 3 is 2.70 bits per heavy atom. The first-order chi connectivity index (χ1) is 9.40. The number of nitrogens with one attached hydrogen (secondary N) is 1. The third-order valence-corrected chi connectivity index (χ3v) is 3.50. The van der Waals surface area contributed by atoms with Crippen LogP contribution in [0.15, 0.2) is 18.2 Å². The maximum Gasteiger partial charge on any atom is 0.292 e. The summed E-state index contributed by atoms with van der Waals surface area (Å²) in [5, 5.41) is 18.8. The summed E-state index contributed by atoms with van der Waals surface area (Å²) in [5.41, 5.74) is 3.38. The molecule has 0 atom stereocenters. The number of nitro benzene ring substituents is 1. The third kappa shape index (κ3) is 2.75. The van der Waals surface area contributed by atoms with Gasteiger partial charge in [-0.05, 0) is 26.0 Å². The molecule has 2 aromatic rings. The van der Waals surface area contributed by atoms with Crippen molar-refractivity contribution in [3.63, 3.8) is 0 Å². The zero-order valence-electron chi connectivity index (χ0n) is 11.5. The molecule has 20 heavy (non-hydrogen) atoms. The minimum atomic E-state index is -0.429. The van der Waals surface area contributed by atoms with Crippen molar-refractivity contribution in [2.24, 2.45) is 7.05 Å². The first-order valence-electron chi connectivity index (χ1n) is 6.07. The number of aryl methyl sites for hydroxylation is 2. The average Bonchev–Trinajstić information content (AvgIpc) is 2.61. The second kappa shape index (κ2) is 5.50. The van der Waals surface area contributed by atoms with Crippen molar-refractivity contribution in [3.8, 4) is 0 Å². The number of aromatic nitrogens is 2. The van der Waals surface area contributed by atoms with Crippen LogP contribution in [0.2, 0.25) is 5.02 Å². The van der Waals surface area contributed by atoms with Crippen LogP contribution in [0.3, 0.4) is 0 Å². The molecule has 1 N–H and O–H groups in total. The maximum absolute atomic E-state index is 11.0. The molecule has 7 heteroatoms. The molecular formula is C13H15ClN4O2. The summed E-state index contributed by atoms with van der Waals surface area (Å²) >= 11 is 5.89. The zero-order valence-corrected chi connectivity index (χ0v) is 12.2. The van der Waals surface area contributed by atoms with Crippen LogP contribution in [-0.4, -0.2) is 14.7 Å². The van der Waals surface area contributed by atoms with Gasteiger partial charge < -0.3 is 5.32 Å². The lowest BCUT2D eigenvalue weighted by molar-refractivity contribution is -0.384. The van der Waals surface area contributed by atoms with E-state index >= 15 is 0 Å². The minimum Gasteiger partial charge on any atom is -0.375 e. The van der Waals surface area contributed by atoms with E-state index < -0.39 is 4.92 Å². The quantitative estimate of drug-likeness (QED) is 0.694. The average molecular weight is 295 g/mol. The fraction of sp³-hybridized carbons (Fsp3) is 0.308. The Hall–Kier alpha value is -2.08. The Kier molecular flexibility index (Phi) is 3.94. The lowest BCUT2D eigenvalue weighted by Crippen LogP contribution is -2.04. The van der Waals surface area contributed by atoms with E-state index in [1.54, 1.807) is 10.7 Å². The summed E-state index contributed by atoms with van der Waals surface area (Å²) in [7, 11) is 1.87. The van der Waals surface area contributed by atoms with Crippen LogP contribution in [0.4, 0.5) is 11.4 Å². The van der Waals surface area contributed by atoms with Gasteiger partial charge in [0.15, 0.2) is 0 Å². The number of rotatable bonds is 4. The fourth-order valence-electron chi connectivity index (χ4n) is 2.07. The molecule has 1 aromatic heterocycles. The van der Waals surface area contributed by atoms with Crippen LogP contribution in [-0.2, 0) is 13.6 Å². The van der Waals surface area contributed by atoms with Crippen LogP contribution in [0, 0.1) is 24.0 Å². The topological polar surface area (TPSA) is 73.0 Å². The molecule has 0 bridgehead atoms. The molecule has 2 rings (SSSR count). The first-order valence-corrected chi connectivity index (χ1v) is 6.45. The minimum absolute atomic E-state index is 0.00796. The molecule has 0 saturated carbocycles. The Balaban J connectivity index is 2.27. The molecule has 0 saturated heterocycles. The van der Waals surface area contributed by atoms with Gasteiger partial charge in [0.25, 0.3) is 5.69 Å². The molecule has 0 spiro atoms. The van der Waals surface area contributed by atoms with E-state index in [-0.39, 0.29) is 5.69 Å². The van der Waals surface area contributed by atoms with Crippen LogP contribution in [0.1, 0.15) is 17.0 Å². The predicted molar refractivity (Wildman–Crippen MR) is 78.1 cm³/mol. The van der Waals surface area contributed by atoms with Crippen molar-refractivity contribution >= 4 is 23.0 Å². The van der Waals surface area contributed by atoms with E-state index in [1.165, 1.54) is 12.1 Å². The summed E-state index contributed by atoms with van der Waals surface area (Å²) in [6, 6.07) is 4.46. The van der Waals surface area contributed by atoms with Crippen LogP contribution in [0.25, 0.3) is 0 Å². The molecule has 6 nitrogen and oxygen atoms in total. The number of hydrogen-bond acceptors (Lipinski definition) is 4. The highest BCUT2D eigenvalue weighted by molar-refractivity contribution is 6.31. The van der Waals surface area contributed by atoms with E-state index in [0.717, 1.165) is 17.0 Å². The van der Waals surface area contributed by atoms with Gasteiger partial charge in [-0.15, -0.1) is 0 Å². The second-order valence-electron chi connectivity index (χ2n) is 4.55. The monoisotopic (exact) mass is 294 g/mol. The molecule has 1 aromatic carbocycles. The smallest absolute Gasteiger partial charge is 0.292 e. The number of hydrogen-bond donors (Lipinski definition) is 1. The Morgan fingerprint density at radius 1 is 1.45 bits per heavy atom. The Labute approximate surface area is 121 Å². The van der Waals surface area contributed by atoms with Crippen molar-refractivity contribution in [1.29, 1.82) is 0 Å². The Morgan fingerprint density at radius 2 is 2.15 bits per heavy atom.